The molecule has 0 fully saturated rings. The van der Waals surface area contributed by atoms with Gasteiger partial charge in [0.15, 0.2) is 0 Å². The van der Waals surface area contributed by atoms with Gasteiger partial charge in [0.2, 0.25) is 0 Å². The van der Waals surface area contributed by atoms with Crippen LogP contribution in [0.1, 0.15) is 87.3 Å². The van der Waals surface area contributed by atoms with Gasteiger partial charge in [0, 0.05) is 30.2 Å². The fourth-order valence-electron chi connectivity index (χ4n) is 3.50. The third kappa shape index (κ3) is 7.34. The molecule has 0 saturated carbocycles. The number of nitrogens with zero attached hydrogens (tertiary/aromatic N) is 3. The first kappa shape index (κ1) is 23.8. The van der Waals surface area contributed by atoms with Crippen LogP contribution in [0.15, 0.2) is 6.20 Å². The third-order valence-electron chi connectivity index (χ3n) is 5.25. The Morgan fingerprint density at radius 2 is 1.74 bits per heavy atom. The maximum atomic E-state index is 11.4. The zero-order chi connectivity index (χ0) is 21.1. The Morgan fingerprint density at radius 1 is 1.15 bits per heavy atom. The number of rotatable bonds is 11. The van der Waals surface area contributed by atoms with E-state index in [1.807, 2.05) is 25.6 Å². The lowest BCUT2D eigenvalue weighted by Crippen LogP contribution is -2.42. The standard InChI is InChI=1S/C21H40N4O2/c1-16(26)13-21(8,9)27-12-11-20(6,7)25-14-17(23-24-25)18(2,3)15-19(4,5)22-10/h14,22H,11-13,15H2,1-10H3. The highest BCUT2D eigenvalue weighted by Gasteiger charge is 2.33. The van der Waals surface area contributed by atoms with Crippen LogP contribution in [0.25, 0.3) is 0 Å². The second-order valence-corrected chi connectivity index (χ2v) is 10.3. The lowest BCUT2D eigenvalue weighted by atomic mass is 9.78. The van der Waals surface area contributed by atoms with Crippen molar-refractivity contribution < 1.29 is 9.53 Å². The topological polar surface area (TPSA) is 69.0 Å². The molecule has 27 heavy (non-hydrogen) atoms. The first-order chi connectivity index (χ1) is 12.1. The zero-order valence-corrected chi connectivity index (χ0v) is 19.1. The molecule has 1 N–H and O–H groups in total. The van der Waals surface area contributed by atoms with Gasteiger partial charge >= 0.3 is 0 Å². The summed E-state index contributed by atoms with van der Waals surface area (Å²) < 4.78 is 7.90. The van der Waals surface area contributed by atoms with Crippen LogP contribution in [-0.2, 0) is 20.5 Å². The summed E-state index contributed by atoms with van der Waals surface area (Å²) in [7, 11) is 1.99. The lowest BCUT2D eigenvalue weighted by Gasteiger charge is -2.33. The maximum Gasteiger partial charge on any atom is 0.132 e. The summed E-state index contributed by atoms with van der Waals surface area (Å²) >= 11 is 0. The fraction of sp³-hybridized carbons (Fsp3) is 0.857. The molecule has 0 aromatic carbocycles. The highest BCUT2D eigenvalue weighted by molar-refractivity contribution is 5.76. The minimum atomic E-state index is -0.434. The fourth-order valence-corrected chi connectivity index (χ4v) is 3.50. The zero-order valence-electron chi connectivity index (χ0n) is 19.1. The molecule has 1 aromatic heterocycles. The van der Waals surface area contributed by atoms with Crippen LogP contribution in [0.5, 0.6) is 0 Å². The van der Waals surface area contributed by atoms with E-state index in [-0.39, 0.29) is 22.3 Å². The van der Waals surface area contributed by atoms with Crippen LogP contribution in [0, 0.1) is 0 Å². The number of hydrogen-bond donors (Lipinski definition) is 1. The Kier molecular flexibility index (Phi) is 7.39. The molecule has 6 heteroatoms. The van der Waals surface area contributed by atoms with Crippen LogP contribution in [0.3, 0.4) is 0 Å². The van der Waals surface area contributed by atoms with Crippen molar-refractivity contribution in [2.24, 2.45) is 0 Å². The van der Waals surface area contributed by atoms with E-state index < -0.39 is 5.60 Å². The maximum absolute atomic E-state index is 11.4. The molecule has 0 aliphatic rings. The van der Waals surface area contributed by atoms with Crippen molar-refractivity contribution >= 4 is 5.78 Å². The van der Waals surface area contributed by atoms with E-state index in [1.54, 1.807) is 6.92 Å². The first-order valence-corrected chi connectivity index (χ1v) is 9.86. The number of ketones is 1. The van der Waals surface area contributed by atoms with Crippen LogP contribution < -0.4 is 5.32 Å². The molecule has 6 nitrogen and oxygen atoms in total. The Bertz CT molecular complexity index is 630. The van der Waals surface area contributed by atoms with Crippen molar-refractivity contribution in [1.29, 1.82) is 0 Å². The average Bonchev–Trinajstić information content (AvgIpc) is 2.95. The highest BCUT2D eigenvalue weighted by Crippen LogP contribution is 2.32. The van der Waals surface area contributed by atoms with Crippen molar-refractivity contribution in [2.45, 2.75) is 104 Å². The molecule has 0 aliphatic heterocycles. The van der Waals surface area contributed by atoms with Gasteiger partial charge in [-0.25, -0.2) is 4.68 Å². The summed E-state index contributed by atoms with van der Waals surface area (Å²) in [4.78, 5) is 11.4. The average molecular weight is 381 g/mol. The summed E-state index contributed by atoms with van der Waals surface area (Å²) in [6, 6.07) is 0. The van der Waals surface area contributed by atoms with E-state index in [4.69, 9.17) is 4.74 Å². The molecule has 0 spiro atoms. The summed E-state index contributed by atoms with van der Waals surface area (Å²) in [6.07, 6.45) is 4.24. The molecule has 1 heterocycles. The van der Waals surface area contributed by atoms with Gasteiger partial charge in [-0.15, -0.1) is 5.10 Å². The molecular weight excluding hydrogens is 340 g/mol. The number of carbonyl (C=O) groups is 1. The minimum absolute atomic E-state index is 0.0267. The number of nitrogens with one attached hydrogen (secondary N) is 1. The van der Waals surface area contributed by atoms with Crippen molar-refractivity contribution in [2.75, 3.05) is 13.7 Å². The van der Waals surface area contributed by atoms with Gasteiger partial charge in [-0.3, -0.25) is 4.79 Å². The quantitative estimate of drug-likeness (QED) is 0.631. The van der Waals surface area contributed by atoms with Crippen molar-refractivity contribution in [3.05, 3.63) is 11.9 Å². The second-order valence-electron chi connectivity index (χ2n) is 10.3. The van der Waals surface area contributed by atoms with E-state index in [0.717, 1.165) is 18.5 Å². The Hall–Kier alpha value is -1.27. The summed E-state index contributed by atoms with van der Waals surface area (Å²) in [5.41, 5.74) is 0.291. The third-order valence-corrected chi connectivity index (χ3v) is 5.25. The molecule has 1 aromatic rings. The van der Waals surface area contributed by atoms with Gasteiger partial charge in [-0.05, 0) is 68.4 Å². The smallest absolute Gasteiger partial charge is 0.132 e. The molecule has 156 valence electrons. The van der Waals surface area contributed by atoms with Crippen molar-refractivity contribution in [3.8, 4) is 0 Å². The predicted octanol–water partition coefficient (Wildman–Crippen LogP) is 3.84. The largest absolute Gasteiger partial charge is 0.375 e. The van der Waals surface area contributed by atoms with E-state index >= 15 is 0 Å². The molecule has 0 aliphatic carbocycles. The number of aromatic nitrogens is 3. The SMILES string of the molecule is CNC(C)(C)CC(C)(C)c1cn(C(C)(C)CCOC(C)(C)CC(C)=O)nn1. The van der Waals surface area contributed by atoms with E-state index in [9.17, 15) is 4.79 Å². The Balaban J connectivity index is 2.78. The van der Waals surface area contributed by atoms with Gasteiger partial charge in [0.1, 0.15) is 5.78 Å². The molecule has 0 amide bonds. The minimum Gasteiger partial charge on any atom is -0.375 e. The molecule has 1 rings (SSSR count). The van der Waals surface area contributed by atoms with Gasteiger partial charge < -0.3 is 10.1 Å². The molecule has 0 atom stereocenters. The monoisotopic (exact) mass is 380 g/mol. The number of ether oxygens (including phenoxy) is 1. The van der Waals surface area contributed by atoms with Gasteiger partial charge in [0.25, 0.3) is 0 Å². The molecular formula is C21H40N4O2. The Morgan fingerprint density at radius 3 is 2.26 bits per heavy atom. The van der Waals surface area contributed by atoms with Crippen molar-refractivity contribution in [3.63, 3.8) is 0 Å². The lowest BCUT2D eigenvalue weighted by molar-refractivity contribution is -0.123. The number of hydrogen-bond acceptors (Lipinski definition) is 5. The molecule has 0 bridgehead atoms. The van der Waals surface area contributed by atoms with E-state index in [2.05, 4.69) is 63.4 Å². The summed E-state index contributed by atoms with van der Waals surface area (Å²) in [5.74, 6) is 0.145. The second kappa shape index (κ2) is 8.39. The number of carbonyl (C=O) groups excluding carboxylic acids is 1. The van der Waals surface area contributed by atoms with E-state index in [0.29, 0.717) is 13.0 Å². The van der Waals surface area contributed by atoms with Gasteiger partial charge in [-0.2, -0.15) is 0 Å². The summed E-state index contributed by atoms with van der Waals surface area (Å²) in [5, 5.41) is 12.2. The molecule has 0 saturated heterocycles. The highest BCUT2D eigenvalue weighted by atomic mass is 16.5. The van der Waals surface area contributed by atoms with Crippen LogP contribution in [0.2, 0.25) is 0 Å². The van der Waals surface area contributed by atoms with Crippen LogP contribution in [0.4, 0.5) is 0 Å². The van der Waals surface area contributed by atoms with Gasteiger partial charge in [0.05, 0.1) is 16.8 Å². The van der Waals surface area contributed by atoms with Crippen molar-refractivity contribution in [1.82, 2.24) is 20.3 Å². The number of Topliss-reactive ketones (excluding diaryl/α,β-unsaturated/α-hetero) is 1. The normalized spacial score (nSPS) is 13.9. The summed E-state index contributed by atoms with van der Waals surface area (Å²) in [6.45, 7) is 19.2. The molecule has 0 radical (unpaired) electrons. The Labute approximate surface area is 165 Å². The van der Waals surface area contributed by atoms with Gasteiger partial charge in [-0.1, -0.05) is 19.1 Å². The molecule has 0 unspecified atom stereocenters. The van der Waals surface area contributed by atoms with Crippen LogP contribution in [-0.4, -0.2) is 45.6 Å². The van der Waals surface area contributed by atoms with E-state index in [1.165, 1.54) is 0 Å². The predicted molar refractivity (Wildman–Crippen MR) is 110 cm³/mol. The van der Waals surface area contributed by atoms with Crippen LogP contribution >= 0.6 is 0 Å². The first-order valence-electron chi connectivity index (χ1n) is 9.86.